The lowest BCUT2D eigenvalue weighted by Crippen LogP contribution is -2.27. The molecule has 1 fully saturated rings. The number of aromatic nitrogens is 2. The zero-order valence-corrected chi connectivity index (χ0v) is 12.4. The van der Waals surface area contributed by atoms with Gasteiger partial charge in [0, 0.05) is 17.4 Å². The van der Waals surface area contributed by atoms with Crippen molar-refractivity contribution in [2.24, 2.45) is 0 Å². The SMILES string of the molecule is CSC1CCC(Nc2cc(C(F)(F)F)nc(Cl)n2)CC1. The van der Waals surface area contributed by atoms with Gasteiger partial charge in [-0.2, -0.15) is 24.9 Å². The molecule has 3 nitrogen and oxygen atoms in total. The van der Waals surface area contributed by atoms with Crippen molar-refractivity contribution in [1.82, 2.24) is 9.97 Å². The summed E-state index contributed by atoms with van der Waals surface area (Å²) in [6, 6.07) is 1.05. The van der Waals surface area contributed by atoms with Gasteiger partial charge in [-0.25, -0.2) is 9.97 Å². The van der Waals surface area contributed by atoms with Crippen molar-refractivity contribution in [2.45, 2.75) is 43.2 Å². The Morgan fingerprint density at radius 3 is 2.45 bits per heavy atom. The van der Waals surface area contributed by atoms with Crippen LogP contribution in [0.3, 0.4) is 0 Å². The van der Waals surface area contributed by atoms with Gasteiger partial charge in [-0.15, -0.1) is 0 Å². The standard InChI is InChI=1S/C12H15ClF3N3S/c1-20-8-4-2-7(3-5-8)17-10-6-9(12(14,15)16)18-11(13)19-10/h6-8H,2-5H2,1H3,(H,17,18,19). The normalized spacial score (nSPS) is 23.6. The number of nitrogens with zero attached hydrogens (tertiary/aromatic N) is 2. The van der Waals surface area contributed by atoms with Gasteiger partial charge in [-0.1, -0.05) is 0 Å². The minimum Gasteiger partial charge on any atom is -0.367 e. The second-order valence-corrected chi connectivity index (χ2v) is 6.24. The number of anilines is 1. The van der Waals surface area contributed by atoms with Crippen molar-refractivity contribution in [1.29, 1.82) is 0 Å². The fourth-order valence-corrected chi connectivity index (χ4v) is 3.21. The predicted molar refractivity (Wildman–Crippen MR) is 75.2 cm³/mol. The number of hydrogen-bond donors (Lipinski definition) is 1. The largest absolute Gasteiger partial charge is 0.433 e. The number of hydrogen-bond acceptors (Lipinski definition) is 4. The van der Waals surface area contributed by atoms with Crippen molar-refractivity contribution in [3.05, 3.63) is 17.0 Å². The molecule has 1 aliphatic rings. The number of nitrogens with one attached hydrogen (secondary N) is 1. The molecule has 112 valence electrons. The zero-order valence-electron chi connectivity index (χ0n) is 10.9. The Morgan fingerprint density at radius 1 is 1.25 bits per heavy atom. The monoisotopic (exact) mass is 325 g/mol. The summed E-state index contributed by atoms with van der Waals surface area (Å²) in [5.74, 6) is 0.143. The topological polar surface area (TPSA) is 37.8 Å². The molecular formula is C12H15ClF3N3S. The molecule has 1 aliphatic carbocycles. The van der Waals surface area contributed by atoms with Gasteiger partial charge in [-0.3, -0.25) is 0 Å². The maximum absolute atomic E-state index is 12.6. The summed E-state index contributed by atoms with van der Waals surface area (Å²) in [6.07, 6.45) is 1.54. The molecular weight excluding hydrogens is 311 g/mol. The van der Waals surface area contributed by atoms with E-state index in [1.54, 1.807) is 0 Å². The minimum atomic E-state index is -4.51. The van der Waals surface area contributed by atoms with Crippen LogP contribution in [0.1, 0.15) is 31.4 Å². The lowest BCUT2D eigenvalue weighted by Gasteiger charge is -2.28. The van der Waals surface area contributed by atoms with Crippen LogP contribution in [0.2, 0.25) is 5.28 Å². The second kappa shape index (κ2) is 6.39. The molecule has 1 saturated carbocycles. The van der Waals surface area contributed by atoms with Gasteiger partial charge in [0.15, 0.2) is 5.69 Å². The van der Waals surface area contributed by atoms with Gasteiger partial charge in [0.25, 0.3) is 0 Å². The fraction of sp³-hybridized carbons (Fsp3) is 0.667. The molecule has 1 heterocycles. The molecule has 8 heteroatoms. The van der Waals surface area contributed by atoms with Crippen LogP contribution in [0, 0.1) is 0 Å². The van der Waals surface area contributed by atoms with Crippen LogP contribution >= 0.6 is 23.4 Å². The molecule has 0 unspecified atom stereocenters. The van der Waals surface area contributed by atoms with E-state index in [0.29, 0.717) is 5.25 Å². The molecule has 0 saturated heterocycles. The third-order valence-corrected chi connectivity index (χ3v) is 4.66. The van der Waals surface area contributed by atoms with Gasteiger partial charge >= 0.3 is 6.18 Å². The van der Waals surface area contributed by atoms with Crippen LogP contribution in [-0.2, 0) is 6.18 Å². The third kappa shape index (κ3) is 4.15. The number of halogens is 4. The summed E-state index contributed by atoms with van der Waals surface area (Å²) in [5.41, 5.74) is -1.02. The van der Waals surface area contributed by atoms with E-state index in [9.17, 15) is 13.2 Å². The Kier molecular flexibility index (Phi) is 5.01. The van der Waals surface area contributed by atoms with Crippen molar-refractivity contribution in [3.63, 3.8) is 0 Å². The van der Waals surface area contributed by atoms with Crippen LogP contribution < -0.4 is 5.32 Å². The lowest BCUT2D eigenvalue weighted by molar-refractivity contribution is -0.141. The maximum Gasteiger partial charge on any atom is 0.433 e. The third-order valence-electron chi connectivity index (χ3n) is 3.35. The van der Waals surface area contributed by atoms with E-state index in [0.717, 1.165) is 31.7 Å². The fourth-order valence-electron chi connectivity index (χ4n) is 2.29. The molecule has 0 spiro atoms. The summed E-state index contributed by atoms with van der Waals surface area (Å²) in [5, 5.41) is 3.29. The van der Waals surface area contributed by atoms with E-state index in [1.165, 1.54) is 0 Å². The highest BCUT2D eigenvalue weighted by atomic mass is 35.5. The average molecular weight is 326 g/mol. The van der Waals surface area contributed by atoms with Crippen molar-refractivity contribution < 1.29 is 13.2 Å². The molecule has 0 aliphatic heterocycles. The first kappa shape index (κ1) is 15.7. The Hall–Kier alpha value is -0.690. The molecule has 0 bridgehead atoms. The van der Waals surface area contributed by atoms with Gasteiger partial charge in [0.1, 0.15) is 5.82 Å². The van der Waals surface area contributed by atoms with E-state index >= 15 is 0 Å². The second-order valence-electron chi connectivity index (χ2n) is 4.76. The Labute approximate surface area is 124 Å². The summed E-state index contributed by atoms with van der Waals surface area (Å²) >= 11 is 7.39. The van der Waals surface area contributed by atoms with Crippen LogP contribution in [-0.4, -0.2) is 27.5 Å². The molecule has 20 heavy (non-hydrogen) atoms. The number of rotatable bonds is 3. The van der Waals surface area contributed by atoms with Crippen LogP contribution in [0.5, 0.6) is 0 Å². The molecule has 0 aromatic carbocycles. The molecule has 0 amide bonds. The summed E-state index contributed by atoms with van der Waals surface area (Å²) < 4.78 is 37.9. The average Bonchev–Trinajstić information content (AvgIpc) is 2.38. The van der Waals surface area contributed by atoms with Gasteiger partial charge in [0.2, 0.25) is 5.28 Å². The number of thioether (sulfide) groups is 1. The molecule has 1 N–H and O–H groups in total. The quantitative estimate of drug-likeness (QED) is 0.844. The smallest absolute Gasteiger partial charge is 0.367 e. The van der Waals surface area contributed by atoms with E-state index in [1.807, 2.05) is 11.8 Å². The highest BCUT2D eigenvalue weighted by Gasteiger charge is 2.34. The van der Waals surface area contributed by atoms with Crippen LogP contribution in [0.4, 0.5) is 19.0 Å². The Balaban J connectivity index is 2.05. The summed E-state index contributed by atoms with van der Waals surface area (Å²) in [6.45, 7) is 0. The predicted octanol–water partition coefficient (Wildman–Crippen LogP) is 4.23. The van der Waals surface area contributed by atoms with E-state index < -0.39 is 11.9 Å². The molecule has 2 rings (SSSR count). The summed E-state index contributed by atoms with van der Waals surface area (Å²) in [7, 11) is 0. The first-order valence-corrected chi connectivity index (χ1v) is 7.96. The van der Waals surface area contributed by atoms with Gasteiger partial charge < -0.3 is 5.32 Å². The molecule has 0 atom stereocenters. The molecule has 1 aromatic heterocycles. The highest BCUT2D eigenvalue weighted by Crippen LogP contribution is 2.31. The van der Waals surface area contributed by atoms with Crippen LogP contribution in [0.15, 0.2) is 6.07 Å². The van der Waals surface area contributed by atoms with E-state index in [2.05, 4.69) is 21.5 Å². The van der Waals surface area contributed by atoms with Crippen molar-refractivity contribution in [3.8, 4) is 0 Å². The Bertz CT molecular complexity index is 462. The summed E-state index contributed by atoms with van der Waals surface area (Å²) in [4.78, 5) is 7.03. The first-order valence-electron chi connectivity index (χ1n) is 6.29. The zero-order chi connectivity index (χ0) is 14.8. The van der Waals surface area contributed by atoms with E-state index in [-0.39, 0.29) is 17.1 Å². The lowest BCUT2D eigenvalue weighted by atomic mass is 9.95. The molecule has 1 aromatic rings. The highest BCUT2D eigenvalue weighted by molar-refractivity contribution is 7.99. The number of alkyl halides is 3. The van der Waals surface area contributed by atoms with Crippen molar-refractivity contribution >= 4 is 29.2 Å². The van der Waals surface area contributed by atoms with Crippen LogP contribution in [0.25, 0.3) is 0 Å². The first-order chi connectivity index (χ1) is 9.38. The maximum atomic E-state index is 12.6. The van der Waals surface area contributed by atoms with E-state index in [4.69, 9.17) is 11.6 Å². The minimum absolute atomic E-state index is 0.143. The van der Waals surface area contributed by atoms with Gasteiger partial charge in [0.05, 0.1) is 0 Å². The Morgan fingerprint density at radius 2 is 1.90 bits per heavy atom. The van der Waals surface area contributed by atoms with Crippen molar-refractivity contribution in [2.75, 3.05) is 11.6 Å². The van der Waals surface area contributed by atoms with Gasteiger partial charge in [-0.05, 0) is 43.5 Å². The molecule has 0 radical (unpaired) electrons.